The van der Waals surface area contributed by atoms with Crippen LogP contribution in [0.3, 0.4) is 0 Å². The zero-order valence-electron chi connectivity index (χ0n) is 12.4. The van der Waals surface area contributed by atoms with Gasteiger partial charge in [0.2, 0.25) is 5.88 Å². The Balaban J connectivity index is 1.66. The number of carbonyl (C=O) groups excluding carboxylic acids is 1. The van der Waals surface area contributed by atoms with E-state index in [-0.39, 0.29) is 12.0 Å². The molecule has 1 aliphatic heterocycles. The Morgan fingerprint density at radius 1 is 1.55 bits per heavy atom. The van der Waals surface area contributed by atoms with Gasteiger partial charge in [-0.2, -0.15) is 11.3 Å². The Hall–Kier alpha value is -1.92. The van der Waals surface area contributed by atoms with Gasteiger partial charge in [-0.1, -0.05) is 0 Å². The van der Waals surface area contributed by atoms with Crippen LogP contribution in [0.15, 0.2) is 35.2 Å². The number of rotatable bonds is 5. The maximum Gasteiger partial charge on any atom is 0.254 e. The van der Waals surface area contributed by atoms with Crippen molar-refractivity contribution in [1.82, 2.24) is 9.88 Å². The summed E-state index contributed by atoms with van der Waals surface area (Å²) in [6.45, 7) is 1.89. The van der Waals surface area contributed by atoms with Crippen LogP contribution in [0.5, 0.6) is 5.88 Å². The van der Waals surface area contributed by atoms with E-state index in [1.165, 1.54) is 0 Å². The van der Waals surface area contributed by atoms with E-state index < -0.39 is 0 Å². The predicted octanol–water partition coefficient (Wildman–Crippen LogP) is 2.58. The molecule has 0 bridgehead atoms. The topological polar surface area (TPSA) is 51.7 Å². The second kappa shape index (κ2) is 6.89. The number of nitrogens with zero attached hydrogens (tertiary/aromatic N) is 2. The average Bonchev–Trinajstić information content (AvgIpc) is 3.20. The van der Waals surface area contributed by atoms with Crippen LogP contribution in [0, 0.1) is 0 Å². The molecule has 2 aromatic rings. The molecule has 0 saturated carbocycles. The summed E-state index contributed by atoms with van der Waals surface area (Å²) in [7, 11) is 1.80. The maximum absolute atomic E-state index is 12.5. The molecule has 0 spiro atoms. The highest BCUT2D eigenvalue weighted by Gasteiger charge is 2.19. The smallest absolute Gasteiger partial charge is 0.254 e. The van der Waals surface area contributed by atoms with E-state index in [0.29, 0.717) is 31.2 Å². The summed E-state index contributed by atoms with van der Waals surface area (Å²) in [6, 6.07) is 5.44. The van der Waals surface area contributed by atoms with Crippen LogP contribution < -0.4 is 4.74 Å². The van der Waals surface area contributed by atoms with Gasteiger partial charge in [0, 0.05) is 37.8 Å². The van der Waals surface area contributed by atoms with Gasteiger partial charge in [-0.15, -0.1) is 0 Å². The summed E-state index contributed by atoms with van der Waals surface area (Å²) >= 11 is 1.63. The molecule has 22 heavy (non-hydrogen) atoms. The Labute approximate surface area is 133 Å². The first-order chi connectivity index (χ1) is 10.7. The highest BCUT2D eigenvalue weighted by Crippen LogP contribution is 2.17. The summed E-state index contributed by atoms with van der Waals surface area (Å²) in [5.41, 5.74) is 1.72. The third-order valence-corrected chi connectivity index (χ3v) is 4.24. The van der Waals surface area contributed by atoms with Crippen LogP contribution in [-0.4, -0.2) is 42.2 Å². The molecule has 1 aliphatic rings. The van der Waals surface area contributed by atoms with Crippen LogP contribution in [0.1, 0.15) is 22.3 Å². The Morgan fingerprint density at radius 2 is 2.45 bits per heavy atom. The lowest BCUT2D eigenvalue weighted by Crippen LogP contribution is -2.26. The molecule has 1 fully saturated rings. The van der Waals surface area contributed by atoms with E-state index in [1.54, 1.807) is 41.6 Å². The predicted molar refractivity (Wildman–Crippen MR) is 84.2 cm³/mol. The normalized spacial score (nSPS) is 17.4. The molecule has 5 nitrogen and oxygen atoms in total. The molecule has 0 unspecified atom stereocenters. The molecular weight excluding hydrogens is 300 g/mol. The molecule has 0 aliphatic carbocycles. The highest BCUT2D eigenvalue weighted by molar-refractivity contribution is 7.07. The monoisotopic (exact) mass is 318 g/mol. The quantitative estimate of drug-likeness (QED) is 0.850. The number of amides is 1. The molecule has 3 rings (SSSR count). The van der Waals surface area contributed by atoms with Crippen molar-refractivity contribution >= 4 is 17.2 Å². The maximum atomic E-state index is 12.5. The van der Waals surface area contributed by atoms with E-state index in [9.17, 15) is 4.79 Å². The van der Waals surface area contributed by atoms with E-state index in [1.807, 2.05) is 16.8 Å². The molecule has 0 N–H and O–H groups in total. The third kappa shape index (κ3) is 3.64. The van der Waals surface area contributed by atoms with E-state index in [0.717, 1.165) is 12.0 Å². The van der Waals surface area contributed by atoms with Gasteiger partial charge in [0.25, 0.3) is 5.91 Å². The van der Waals surface area contributed by atoms with Crippen LogP contribution in [0.2, 0.25) is 0 Å². The molecule has 1 atom stereocenters. The van der Waals surface area contributed by atoms with Crippen molar-refractivity contribution in [2.75, 3.05) is 20.3 Å². The molecule has 2 aromatic heterocycles. The largest absolute Gasteiger partial charge is 0.472 e. The van der Waals surface area contributed by atoms with Crippen molar-refractivity contribution in [3.8, 4) is 5.88 Å². The van der Waals surface area contributed by atoms with Gasteiger partial charge < -0.3 is 14.4 Å². The zero-order valence-corrected chi connectivity index (χ0v) is 13.2. The lowest BCUT2D eigenvalue weighted by molar-refractivity contribution is 0.0784. The number of hydrogen-bond donors (Lipinski definition) is 0. The minimum absolute atomic E-state index is 0.0291. The number of ether oxygens (including phenoxy) is 2. The Kier molecular flexibility index (Phi) is 4.70. The van der Waals surface area contributed by atoms with E-state index >= 15 is 0 Å². The molecule has 6 heteroatoms. The lowest BCUT2D eigenvalue weighted by Gasteiger charge is -2.17. The molecule has 116 valence electrons. The SMILES string of the molecule is CN(Cc1ccsc1)C(=O)c1ccnc(O[C@@H]2CCOC2)c1. The van der Waals surface area contributed by atoms with Crippen LogP contribution in [0.4, 0.5) is 0 Å². The van der Waals surface area contributed by atoms with Crippen molar-refractivity contribution < 1.29 is 14.3 Å². The van der Waals surface area contributed by atoms with Crippen molar-refractivity contribution in [3.63, 3.8) is 0 Å². The van der Waals surface area contributed by atoms with Gasteiger partial charge in [-0.05, 0) is 28.5 Å². The van der Waals surface area contributed by atoms with Crippen LogP contribution in [-0.2, 0) is 11.3 Å². The van der Waals surface area contributed by atoms with E-state index in [4.69, 9.17) is 9.47 Å². The number of thiophene rings is 1. The van der Waals surface area contributed by atoms with E-state index in [2.05, 4.69) is 4.98 Å². The second-order valence-electron chi connectivity index (χ2n) is 5.28. The van der Waals surface area contributed by atoms with Crippen LogP contribution in [0.25, 0.3) is 0 Å². The second-order valence-corrected chi connectivity index (χ2v) is 6.06. The Morgan fingerprint density at radius 3 is 3.18 bits per heavy atom. The van der Waals surface area contributed by atoms with Gasteiger partial charge >= 0.3 is 0 Å². The van der Waals surface area contributed by atoms with Crippen molar-refractivity contribution in [3.05, 3.63) is 46.3 Å². The summed E-state index contributed by atoms with van der Waals surface area (Å²) in [5.74, 6) is 0.436. The van der Waals surface area contributed by atoms with Gasteiger partial charge in [0.05, 0.1) is 13.2 Å². The number of pyridine rings is 1. The number of hydrogen-bond acceptors (Lipinski definition) is 5. The fraction of sp³-hybridized carbons (Fsp3) is 0.375. The first kappa shape index (κ1) is 15.0. The number of aromatic nitrogens is 1. The summed E-state index contributed by atoms with van der Waals surface area (Å²) in [6.07, 6.45) is 2.50. The molecule has 1 saturated heterocycles. The average molecular weight is 318 g/mol. The fourth-order valence-corrected chi connectivity index (χ4v) is 2.99. The summed E-state index contributed by atoms with van der Waals surface area (Å²) in [5, 5.41) is 4.06. The third-order valence-electron chi connectivity index (χ3n) is 3.50. The van der Waals surface area contributed by atoms with Gasteiger partial charge in [-0.3, -0.25) is 4.79 Å². The van der Waals surface area contributed by atoms with Crippen molar-refractivity contribution in [2.24, 2.45) is 0 Å². The fourth-order valence-electron chi connectivity index (χ4n) is 2.33. The summed E-state index contributed by atoms with van der Waals surface area (Å²) in [4.78, 5) is 18.3. The number of carbonyl (C=O) groups is 1. The summed E-state index contributed by atoms with van der Waals surface area (Å²) < 4.78 is 11.0. The van der Waals surface area contributed by atoms with Crippen LogP contribution >= 0.6 is 11.3 Å². The molecule has 3 heterocycles. The Bertz CT molecular complexity index is 624. The van der Waals surface area contributed by atoms with Crippen molar-refractivity contribution in [2.45, 2.75) is 19.1 Å². The zero-order chi connectivity index (χ0) is 15.4. The van der Waals surface area contributed by atoms with Gasteiger partial charge in [0.1, 0.15) is 6.10 Å². The first-order valence-corrected chi connectivity index (χ1v) is 8.13. The highest BCUT2D eigenvalue weighted by atomic mass is 32.1. The lowest BCUT2D eigenvalue weighted by atomic mass is 10.2. The molecule has 0 radical (unpaired) electrons. The molecule has 0 aromatic carbocycles. The van der Waals surface area contributed by atoms with Gasteiger partial charge in [0.15, 0.2) is 0 Å². The van der Waals surface area contributed by atoms with Crippen molar-refractivity contribution in [1.29, 1.82) is 0 Å². The minimum atomic E-state index is -0.0406. The minimum Gasteiger partial charge on any atom is -0.472 e. The standard InChI is InChI=1S/C16H18N2O3S/c1-18(9-12-4-7-22-11-12)16(19)13-2-5-17-15(8-13)21-14-3-6-20-10-14/h2,4-5,7-8,11,14H,3,6,9-10H2,1H3/t14-/m1/s1. The molecular formula is C16H18N2O3S. The van der Waals surface area contributed by atoms with Gasteiger partial charge in [-0.25, -0.2) is 4.98 Å². The first-order valence-electron chi connectivity index (χ1n) is 7.19. The molecule has 1 amide bonds.